The van der Waals surface area contributed by atoms with Crippen molar-refractivity contribution in [3.05, 3.63) is 69.0 Å². The third-order valence-electron chi connectivity index (χ3n) is 2.95. The summed E-state index contributed by atoms with van der Waals surface area (Å²) in [5.41, 5.74) is 2.34. The molecule has 1 heterocycles. The highest BCUT2D eigenvalue weighted by Gasteiger charge is 2.10. The molecule has 3 nitrogen and oxygen atoms in total. The minimum Gasteiger partial charge on any atom is -0.298 e. The number of rotatable bonds is 3. The van der Waals surface area contributed by atoms with Gasteiger partial charge in [0.25, 0.3) is 5.91 Å². The van der Waals surface area contributed by atoms with E-state index in [9.17, 15) is 4.79 Å². The first-order chi connectivity index (χ1) is 10.6. The zero-order chi connectivity index (χ0) is 15.5. The van der Waals surface area contributed by atoms with Gasteiger partial charge in [-0.15, -0.1) is 11.3 Å². The predicted octanol–water partition coefficient (Wildman–Crippen LogP) is 5.48. The summed E-state index contributed by atoms with van der Waals surface area (Å²) in [7, 11) is 0. The molecule has 0 aliphatic carbocycles. The second kappa shape index (κ2) is 6.60. The van der Waals surface area contributed by atoms with E-state index in [0.717, 1.165) is 15.7 Å². The summed E-state index contributed by atoms with van der Waals surface area (Å²) < 4.78 is 1.01. The maximum atomic E-state index is 12.1. The van der Waals surface area contributed by atoms with Crippen molar-refractivity contribution < 1.29 is 4.79 Å². The number of nitrogens with one attached hydrogen (secondary N) is 1. The Bertz CT molecular complexity index is 817. The highest BCUT2D eigenvalue weighted by atomic mass is 79.9. The standard InChI is InChI=1S/C16H10BrClN2OS/c17-12-6-4-10(5-7-12)14-9-22-16(19-14)20-15(21)11-2-1-3-13(18)8-11/h1-9H,(H,19,20,21). The van der Waals surface area contributed by atoms with Crippen LogP contribution >= 0.6 is 38.9 Å². The van der Waals surface area contributed by atoms with E-state index in [1.54, 1.807) is 24.3 Å². The molecule has 0 aliphatic rings. The van der Waals surface area contributed by atoms with Crippen LogP contribution in [0.5, 0.6) is 0 Å². The van der Waals surface area contributed by atoms with E-state index in [-0.39, 0.29) is 5.91 Å². The molecule has 0 fully saturated rings. The molecule has 2 aromatic carbocycles. The van der Waals surface area contributed by atoms with Crippen LogP contribution in [0.1, 0.15) is 10.4 Å². The van der Waals surface area contributed by atoms with Crippen LogP contribution in [-0.4, -0.2) is 10.9 Å². The van der Waals surface area contributed by atoms with Gasteiger partial charge in [-0.25, -0.2) is 4.98 Å². The van der Waals surface area contributed by atoms with Crippen molar-refractivity contribution in [1.29, 1.82) is 0 Å². The topological polar surface area (TPSA) is 42.0 Å². The fourth-order valence-electron chi connectivity index (χ4n) is 1.88. The molecule has 1 aromatic heterocycles. The summed E-state index contributed by atoms with van der Waals surface area (Å²) in [5, 5.41) is 5.79. The molecule has 6 heteroatoms. The first-order valence-electron chi connectivity index (χ1n) is 6.40. The lowest BCUT2D eigenvalue weighted by atomic mass is 10.2. The molecular weight excluding hydrogens is 384 g/mol. The zero-order valence-electron chi connectivity index (χ0n) is 11.2. The molecule has 0 saturated heterocycles. The SMILES string of the molecule is O=C(Nc1nc(-c2ccc(Br)cc2)cs1)c1cccc(Cl)c1. The fourth-order valence-corrected chi connectivity index (χ4v) is 3.05. The van der Waals surface area contributed by atoms with Crippen molar-refractivity contribution in [2.45, 2.75) is 0 Å². The summed E-state index contributed by atoms with van der Waals surface area (Å²) >= 11 is 10.7. The summed E-state index contributed by atoms with van der Waals surface area (Å²) in [5.74, 6) is -0.223. The number of halogens is 2. The molecule has 0 bridgehead atoms. The van der Waals surface area contributed by atoms with Gasteiger partial charge in [0.05, 0.1) is 5.69 Å². The number of thiazole rings is 1. The lowest BCUT2D eigenvalue weighted by Crippen LogP contribution is -2.11. The van der Waals surface area contributed by atoms with E-state index in [2.05, 4.69) is 26.2 Å². The van der Waals surface area contributed by atoms with E-state index < -0.39 is 0 Å². The molecule has 0 radical (unpaired) electrons. The Labute approximate surface area is 145 Å². The zero-order valence-corrected chi connectivity index (χ0v) is 14.4. The van der Waals surface area contributed by atoms with Gasteiger partial charge in [0.15, 0.2) is 5.13 Å². The summed E-state index contributed by atoms with van der Waals surface area (Å²) in [6.45, 7) is 0. The number of amides is 1. The predicted molar refractivity (Wildman–Crippen MR) is 94.7 cm³/mol. The second-order valence-electron chi connectivity index (χ2n) is 4.51. The van der Waals surface area contributed by atoms with E-state index in [0.29, 0.717) is 15.7 Å². The van der Waals surface area contributed by atoms with Crippen molar-refractivity contribution in [1.82, 2.24) is 4.98 Å². The van der Waals surface area contributed by atoms with Crippen molar-refractivity contribution in [3.63, 3.8) is 0 Å². The van der Waals surface area contributed by atoms with E-state index in [1.807, 2.05) is 29.6 Å². The molecule has 0 saturated carbocycles. The van der Waals surface area contributed by atoms with Gasteiger partial charge in [0, 0.05) is 26.0 Å². The largest absolute Gasteiger partial charge is 0.298 e. The lowest BCUT2D eigenvalue weighted by molar-refractivity contribution is 0.102. The molecule has 1 N–H and O–H groups in total. The molecule has 0 aliphatic heterocycles. The lowest BCUT2D eigenvalue weighted by Gasteiger charge is -2.02. The van der Waals surface area contributed by atoms with E-state index in [4.69, 9.17) is 11.6 Å². The maximum Gasteiger partial charge on any atom is 0.257 e. The highest BCUT2D eigenvalue weighted by Crippen LogP contribution is 2.26. The van der Waals surface area contributed by atoms with Gasteiger partial charge in [-0.2, -0.15) is 0 Å². The Balaban J connectivity index is 1.77. The average Bonchev–Trinajstić information content (AvgIpc) is 2.96. The Morgan fingerprint density at radius 3 is 2.68 bits per heavy atom. The molecule has 110 valence electrons. The summed E-state index contributed by atoms with van der Waals surface area (Å²) in [6, 6.07) is 14.7. The quantitative estimate of drug-likeness (QED) is 0.640. The normalized spacial score (nSPS) is 10.5. The maximum absolute atomic E-state index is 12.1. The van der Waals surface area contributed by atoms with Crippen LogP contribution in [0.4, 0.5) is 5.13 Å². The van der Waals surface area contributed by atoms with Crippen LogP contribution in [0, 0.1) is 0 Å². The number of nitrogens with zero attached hydrogens (tertiary/aromatic N) is 1. The fraction of sp³-hybridized carbons (Fsp3) is 0. The average molecular weight is 394 g/mol. The number of anilines is 1. The smallest absolute Gasteiger partial charge is 0.257 e. The monoisotopic (exact) mass is 392 g/mol. The van der Waals surface area contributed by atoms with Crippen molar-refractivity contribution >= 4 is 49.9 Å². The van der Waals surface area contributed by atoms with Gasteiger partial charge in [-0.1, -0.05) is 45.7 Å². The van der Waals surface area contributed by atoms with Crippen LogP contribution in [0.2, 0.25) is 5.02 Å². The number of aromatic nitrogens is 1. The number of carbonyl (C=O) groups is 1. The van der Waals surface area contributed by atoms with Crippen LogP contribution in [0.25, 0.3) is 11.3 Å². The number of benzene rings is 2. The number of hydrogen-bond acceptors (Lipinski definition) is 3. The Hall–Kier alpha value is -1.69. The molecule has 0 unspecified atom stereocenters. The van der Waals surface area contributed by atoms with Crippen LogP contribution in [-0.2, 0) is 0 Å². The van der Waals surface area contributed by atoms with Gasteiger partial charge in [-0.3, -0.25) is 10.1 Å². The summed E-state index contributed by atoms with van der Waals surface area (Å²) in [6.07, 6.45) is 0. The second-order valence-corrected chi connectivity index (χ2v) is 6.72. The van der Waals surface area contributed by atoms with Crippen LogP contribution in [0.3, 0.4) is 0 Å². The first kappa shape index (κ1) is 15.2. The molecule has 3 aromatic rings. The van der Waals surface area contributed by atoms with Gasteiger partial charge >= 0.3 is 0 Å². The van der Waals surface area contributed by atoms with Gasteiger partial charge < -0.3 is 0 Å². The van der Waals surface area contributed by atoms with Crippen molar-refractivity contribution in [3.8, 4) is 11.3 Å². The first-order valence-corrected chi connectivity index (χ1v) is 8.45. The number of hydrogen-bond donors (Lipinski definition) is 1. The van der Waals surface area contributed by atoms with Gasteiger partial charge in [0.1, 0.15) is 0 Å². The highest BCUT2D eigenvalue weighted by molar-refractivity contribution is 9.10. The molecule has 0 spiro atoms. The van der Waals surface area contributed by atoms with E-state index in [1.165, 1.54) is 11.3 Å². The Morgan fingerprint density at radius 1 is 1.18 bits per heavy atom. The molecular formula is C16H10BrClN2OS. The molecule has 0 atom stereocenters. The molecule has 3 rings (SSSR count). The molecule has 1 amide bonds. The minimum atomic E-state index is -0.223. The van der Waals surface area contributed by atoms with Crippen molar-refractivity contribution in [2.24, 2.45) is 0 Å². The third kappa shape index (κ3) is 3.55. The van der Waals surface area contributed by atoms with Crippen LogP contribution < -0.4 is 5.32 Å². The summed E-state index contributed by atoms with van der Waals surface area (Å²) in [4.78, 5) is 16.6. The van der Waals surface area contributed by atoms with Gasteiger partial charge in [0.2, 0.25) is 0 Å². The van der Waals surface area contributed by atoms with E-state index >= 15 is 0 Å². The molecule has 22 heavy (non-hydrogen) atoms. The van der Waals surface area contributed by atoms with Crippen LogP contribution in [0.15, 0.2) is 58.4 Å². The minimum absolute atomic E-state index is 0.223. The Morgan fingerprint density at radius 2 is 1.95 bits per heavy atom. The van der Waals surface area contributed by atoms with Gasteiger partial charge in [-0.05, 0) is 30.3 Å². The Kier molecular flexibility index (Phi) is 4.57. The third-order valence-corrected chi connectivity index (χ3v) is 4.47. The van der Waals surface area contributed by atoms with Crippen molar-refractivity contribution in [2.75, 3.05) is 5.32 Å². The number of carbonyl (C=O) groups excluding carboxylic acids is 1.